The zero-order valence-corrected chi connectivity index (χ0v) is 20.6. The Morgan fingerprint density at radius 3 is 2.41 bits per heavy atom. The Morgan fingerprint density at radius 1 is 0.946 bits per heavy atom. The summed E-state index contributed by atoms with van der Waals surface area (Å²) in [5.41, 5.74) is 3.40. The Labute approximate surface area is 211 Å². The maximum absolute atomic E-state index is 13.0. The average molecular weight is 511 g/mol. The molecule has 0 atom stereocenters. The van der Waals surface area contributed by atoms with E-state index in [2.05, 4.69) is 15.3 Å². The van der Waals surface area contributed by atoms with Crippen molar-refractivity contribution in [2.75, 3.05) is 19.5 Å². The van der Waals surface area contributed by atoms with Crippen LogP contribution >= 0.6 is 0 Å². The van der Waals surface area contributed by atoms with Crippen molar-refractivity contribution >= 4 is 5.82 Å². The fourth-order valence-corrected chi connectivity index (χ4v) is 4.39. The molecule has 0 aliphatic heterocycles. The second-order valence-electron chi connectivity index (χ2n) is 8.69. The number of benzene rings is 1. The smallest absolute Gasteiger partial charge is 0.434 e. The topological polar surface area (TPSA) is 87.0 Å². The SMILES string of the molecule is COc1ccc(-c2nc3c(c(NCc4ccc(-c5nc(C(F)(F)F)cn5C)cc4)n2)CCC3)c(OC)n1. The number of aryl methyl sites for hydroxylation is 2. The predicted molar refractivity (Wildman–Crippen MR) is 131 cm³/mol. The Bertz CT molecular complexity index is 1430. The van der Waals surface area contributed by atoms with E-state index < -0.39 is 11.9 Å². The molecule has 5 rings (SSSR count). The molecule has 37 heavy (non-hydrogen) atoms. The van der Waals surface area contributed by atoms with Crippen LogP contribution in [0.5, 0.6) is 11.8 Å². The summed E-state index contributed by atoms with van der Waals surface area (Å²) in [6.07, 6.45) is -0.745. The van der Waals surface area contributed by atoms with E-state index >= 15 is 0 Å². The fraction of sp³-hybridized carbons (Fsp3) is 0.308. The highest BCUT2D eigenvalue weighted by Crippen LogP contribution is 2.34. The molecule has 11 heteroatoms. The number of methoxy groups -OCH3 is 2. The molecule has 0 saturated carbocycles. The normalized spacial score (nSPS) is 12.9. The standard InChI is InChI=1S/C26H25F3N6O2/c1-35-14-20(26(27,28)29)32-24(35)16-9-7-15(8-10-16)13-30-22-17-5-4-6-19(17)31-23(34-22)18-11-12-21(36-2)33-25(18)37-3/h7-12,14H,4-6,13H2,1-3H3,(H,30,31,34). The summed E-state index contributed by atoms with van der Waals surface area (Å²) >= 11 is 0. The third kappa shape index (κ3) is 4.93. The summed E-state index contributed by atoms with van der Waals surface area (Å²) in [7, 11) is 4.63. The van der Waals surface area contributed by atoms with Gasteiger partial charge in [0.2, 0.25) is 11.8 Å². The molecule has 3 aromatic heterocycles. The third-order valence-electron chi connectivity index (χ3n) is 6.25. The maximum Gasteiger partial charge on any atom is 0.434 e. The number of anilines is 1. The van der Waals surface area contributed by atoms with Crippen molar-refractivity contribution in [3.8, 4) is 34.5 Å². The Hall–Kier alpha value is -4.15. The van der Waals surface area contributed by atoms with Gasteiger partial charge in [0, 0.05) is 42.7 Å². The third-order valence-corrected chi connectivity index (χ3v) is 6.25. The second-order valence-corrected chi connectivity index (χ2v) is 8.69. The number of aromatic nitrogens is 5. The molecule has 0 radical (unpaired) electrons. The van der Waals surface area contributed by atoms with Crippen LogP contribution < -0.4 is 14.8 Å². The van der Waals surface area contributed by atoms with Crippen molar-refractivity contribution in [1.82, 2.24) is 24.5 Å². The minimum absolute atomic E-state index is 0.257. The average Bonchev–Trinajstić information content (AvgIpc) is 3.53. The van der Waals surface area contributed by atoms with Crippen molar-refractivity contribution in [2.45, 2.75) is 32.0 Å². The lowest BCUT2D eigenvalue weighted by atomic mass is 10.1. The van der Waals surface area contributed by atoms with E-state index in [-0.39, 0.29) is 5.82 Å². The molecule has 1 aliphatic carbocycles. The molecular formula is C26H25F3N6O2. The molecule has 192 valence electrons. The molecule has 0 fully saturated rings. The second kappa shape index (κ2) is 9.72. The van der Waals surface area contributed by atoms with Crippen molar-refractivity contribution in [3.05, 3.63) is 65.1 Å². The van der Waals surface area contributed by atoms with Crippen molar-refractivity contribution in [1.29, 1.82) is 0 Å². The van der Waals surface area contributed by atoms with Gasteiger partial charge in [0.25, 0.3) is 0 Å². The number of nitrogens with zero attached hydrogens (tertiary/aromatic N) is 5. The molecule has 4 aromatic rings. The van der Waals surface area contributed by atoms with Crippen LogP contribution in [0.1, 0.15) is 28.9 Å². The number of fused-ring (bicyclic) bond motifs is 1. The lowest BCUT2D eigenvalue weighted by molar-refractivity contribution is -0.140. The lowest BCUT2D eigenvalue weighted by Gasteiger charge is -2.14. The Kier molecular flexibility index (Phi) is 6.45. The van der Waals surface area contributed by atoms with Crippen LogP contribution in [0.25, 0.3) is 22.8 Å². The highest BCUT2D eigenvalue weighted by Gasteiger charge is 2.34. The lowest BCUT2D eigenvalue weighted by Crippen LogP contribution is -2.08. The van der Waals surface area contributed by atoms with E-state index in [0.29, 0.717) is 35.3 Å². The zero-order valence-electron chi connectivity index (χ0n) is 20.6. The zero-order chi connectivity index (χ0) is 26.2. The predicted octanol–water partition coefficient (Wildman–Crippen LogP) is 5.08. The molecule has 0 spiro atoms. The van der Waals surface area contributed by atoms with Gasteiger partial charge >= 0.3 is 6.18 Å². The summed E-state index contributed by atoms with van der Waals surface area (Å²) in [6, 6.07) is 10.8. The van der Waals surface area contributed by atoms with Gasteiger partial charge in [0.15, 0.2) is 11.5 Å². The summed E-state index contributed by atoms with van der Waals surface area (Å²) in [5, 5.41) is 3.42. The van der Waals surface area contributed by atoms with E-state index in [1.54, 1.807) is 25.2 Å². The monoisotopic (exact) mass is 510 g/mol. The van der Waals surface area contributed by atoms with Gasteiger partial charge in [-0.1, -0.05) is 24.3 Å². The van der Waals surface area contributed by atoms with Crippen molar-refractivity contribution in [3.63, 3.8) is 0 Å². The quantitative estimate of drug-likeness (QED) is 0.371. The van der Waals surface area contributed by atoms with Gasteiger partial charge in [-0.3, -0.25) is 0 Å². The molecule has 3 heterocycles. The summed E-state index contributed by atoms with van der Waals surface area (Å²) < 4.78 is 51.1. The van der Waals surface area contributed by atoms with E-state index in [1.807, 2.05) is 18.2 Å². The number of hydrogen-bond donors (Lipinski definition) is 1. The van der Waals surface area contributed by atoms with Crippen LogP contribution in [0.2, 0.25) is 0 Å². The summed E-state index contributed by atoms with van der Waals surface area (Å²) in [6.45, 7) is 0.482. The number of halogens is 3. The molecular weight excluding hydrogens is 485 g/mol. The van der Waals surface area contributed by atoms with Crippen LogP contribution in [0.15, 0.2) is 42.6 Å². The number of imidazole rings is 1. The number of pyridine rings is 1. The maximum atomic E-state index is 13.0. The van der Waals surface area contributed by atoms with E-state index in [1.165, 1.54) is 18.8 Å². The van der Waals surface area contributed by atoms with Crippen LogP contribution in [0, 0.1) is 0 Å². The van der Waals surface area contributed by atoms with Gasteiger partial charge in [-0.25, -0.2) is 15.0 Å². The van der Waals surface area contributed by atoms with Crippen LogP contribution in [0.4, 0.5) is 19.0 Å². The molecule has 1 N–H and O–H groups in total. The van der Waals surface area contributed by atoms with Gasteiger partial charge < -0.3 is 19.4 Å². The van der Waals surface area contributed by atoms with E-state index in [0.717, 1.165) is 48.1 Å². The molecule has 8 nitrogen and oxygen atoms in total. The van der Waals surface area contributed by atoms with Gasteiger partial charge in [-0.05, 0) is 30.9 Å². The number of alkyl halides is 3. The van der Waals surface area contributed by atoms with Crippen LogP contribution in [0.3, 0.4) is 0 Å². The minimum atomic E-state index is -4.48. The first-order valence-electron chi connectivity index (χ1n) is 11.7. The van der Waals surface area contributed by atoms with E-state index in [4.69, 9.17) is 19.4 Å². The van der Waals surface area contributed by atoms with Gasteiger partial charge in [0.05, 0.1) is 19.8 Å². The number of hydrogen-bond acceptors (Lipinski definition) is 7. The largest absolute Gasteiger partial charge is 0.481 e. The number of nitrogens with one attached hydrogen (secondary N) is 1. The highest BCUT2D eigenvalue weighted by atomic mass is 19.4. The molecule has 1 aliphatic rings. The minimum Gasteiger partial charge on any atom is -0.481 e. The van der Waals surface area contributed by atoms with Gasteiger partial charge in [-0.2, -0.15) is 18.2 Å². The first-order valence-corrected chi connectivity index (χ1v) is 11.7. The van der Waals surface area contributed by atoms with Crippen molar-refractivity contribution in [2.24, 2.45) is 7.05 Å². The van der Waals surface area contributed by atoms with Gasteiger partial charge in [-0.15, -0.1) is 0 Å². The van der Waals surface area contributed by atoms with Crippen LogP contribution in [-0.2, 0) is 32.6 Å². The highest BCUT2D eigenvalue weighted by molar-refractivity contribution is 5.66. The molecule has 0 saturated heterocycles. The molecule has 0 amide bonds. The van der Waals surface area contributed by atoms with E-state index in [9.17, 15) is 13.2 Å². The van der Waals surface area contributed by atoms with Crippen LogP contribution in [-0.4, -0.2) is 38.7 Å². The Morgan fingerprint density at radius 2 is 1.73 bits per heavy atom. The molecule has 0 unspecified atom stereocenters. The Balaban J connectivity index is 1.38. The van der Waals surface area contributed by atoms with Gasteiger partial charge in [0.1, 0.15) is 11.6 Å². The summed E-state index contributed by atoms with van der Waals surface area (Å²) in [4.78, 5) is 17.7. The number of ether oxygens (including phenoxy) is 2. The van der Waals surface area contributed by atoms with Crippen molar-refractivity contribution < 1.29 is 22.6 Å². The molecule has 1 aromatic carbocycles. The molecule has 0 bridgehead atoms. The number of rotatable bonds is 7. The first kappa shape index (κ1) is 24.5. The first-order chi connectivity index (χ1) is 17.8. The summed E-state index contributed by atoms with van der Waals surface area (Å²) in [5.74, 6) is 2.33. The fourth-order valence-electron chi connectivity index (χ4n) is 4.39.